The number of benzene rings is 1. The Kier molecular flexibility index (Phi) is 4.99. The first-order chi connectivity index (χ1) is 14.5. The highest BCUT2D eigenvalue weighted by Gasteiger charge is 2.09. The summed E-state index contributed by atoms with van der Waals surface area (Å²) in [7, 11) is 0. The quantitative estimate of drug-likeness (QED) is 0.384. The zero-order valence-electron chi connectivity index (χ0n) is 16.0. The van der Waals surface area contributed by atoms with Crippen molar-refractivity contribution in [2.75, 3.05) is 22.1 Å². The number of carbonyl (C=O) groups is 1. The number of nitrogen functional groups attached to an aromatic ring is 2. The van der Waals surface area contributed by atoms with Crippen molar-refractivity contribution in [3.05, 3.63) is 59.7 Å². The van der Waals surface area contributed by atoms with Gasteiger partial charge < -0.3 is 16.8 Å². The van der Waals surface area contributed by atoms with E-state index in [4.69, 9.17) is 11.5 Å². The van der Waals surface area contributed by atoms with Crippen LogP contribution in [0.5, 0.6) is 0 Å². The Morgan fingerprint density at radius 3 is 2.57 bits per heavy atom. The molecule has 4 rings (SSSR count). The molecule has 0 aliphatic rings. The van der Waals surface area contributed by atoms with E-state index in [1.807, 2.05) is 6.92 Å². The van der Waals surface area contributed by atoms with E-state index in [9.17, 15) is 4.79 Å². The Morgan fingerprint density at radius 2 is 1.80 bits per heavy atom. The fourth-order valence-electron chi connectivity index (χ4n) is 2.68. The molecule has 3 heterocycles. The summed E-state index contributed by atoms with van der Waals surface area (Å²) < 4.78 is 0. The lowest BCUT2D eigenvalue weighted by Crippen LogP contribution is -2.14. The number of hydrogen-bond acceptors (Lipinski definition) is 10. The van der Waals surface area contributed by atoms with Gasteiger partial charge in [-0.2, -0.15) is 9.97 Å². The topological polar surface area (TPSA) is 171 Å². The minimum Gasteiger partial charge on any atom is -0.382 e. The molecule has 11 heteroatoms. The Morgan fingerprint density at radius 1 is 1.00 bits per heavy atom. The molecule has 11 nitrogen and oxygen atoms in total. The van der Waals surface area contributed by atoms with Crippen molar-refractivity contribution in [3.63, 3.8) is 0 Å². The molecule has 0 atom stereocenters. The largest absolute Gasteiger partial charge is 0.382 e. The first-order valence-electron chi connectivity index (χ1n) is 8.97. The van der Waals surface area contributed by atoms with Crippen molar-refractivity contribution < 1.29 is 4.79 Å². The standard InChI is InChI=1S/C19H18N10O/c1-10-6-7-22-19(25-10)29-17(30)11-2-4-12(5-3-11)23-8-13-9-24-16-14(26-13)15(20)27-18(21)28-16/h2-7,9,23H,8H2,1H3,(H,22,25,29,30)(H4,20,21,24,27,28). The van der Waals surface area contributed by atoms with Crippen molar-refractivity contribution >= 4 is 40.5 Å². The maximum absolute atomic E-state index is 12.3. The number of nitrogens with one attached hydrogen (secondary N) is 2. The van der Waals surface area contributed by atoms with E-state index in [0.717, 1.165) is 11.4 Å². The van der Waals surface area contributed by atoms with Crippen molar-refractivity contribution in [2.24, 2.45) is 0 Å². The van der Waals surface area contributed by atoms with Gasteiger partial charge in [0.2, 0.25) is 11.9 Å². The van der Waals surface area contributed by atoms with Gasteiger partial charge in [-0.15, -0.1) is 0 Å². The summed E-state index contributed by atoms with van der Waals surface area (Å²) in [6.45, 7) is 2.23. The summed E-state index contributed by atoms with van der Waals surface area (Å²) in [4.78, 5) is 37.1. The molecule has 0 spiro atoms. The first kappa shape index (κ1) is 18.9. The van der Waals surface area contributed by atoms with Crippen LogP contribution in [0.3, 0.4) is 0 Å². The number of nitrogens with two attached hydrogens (primary N) is 2. The van der Waals surface area contributed by atoms with Gasteiger partial charge in [0, 0.05) is 23.1 Å². The van der Waals surface area contributed by atoms with Gasteiger partial charge in [0.05, 0.1) is 18.4 Å². The average molecular weight is 402 g/mol. The van der Waals surface area contributed by atoms with Crippen LogP contribution in [0.25, 0.3) is 11.2 Å². The molecule has 150 valence electrons. The van der Waals surface area contributed by atoms with Crippen molar-refractivity contribution in [2.45, 2.75) is 13.5 Å². The van der Waals surface area contributed by atoms with Crippen LogP contribution in [-0.2, 0) is 6.54 Å². The third-order valence-electron chi connectivity index (χ3n) is 4.14. The summed E-state index contributed by atoms with van der Waals surface area (Å²) in [6.07, 6.45) is 3.18. The Hall–Kier alpha value is -4.41. The molecule has 0 bridgehead atoms. The maximum atomic E-state index is 12.3. The van der Waals surface area contributed by atoms with Gasteiger partial charge in [-0.05, 0) is 37.3 Å². The lowest BCUT2D eigenvalue weighted by atomic mass is 10.2. The fraction of sp³-hybridized carbons (Fsp3) is 0.105. The van der Waals surface area contributed by atoms with Crippen LogP contribution in [0.2, 0.25) is 0 Å². The van der Waals surface area contributed by atoms with Gasteiger partial charge in [-0.25, -0.2) is 19.9 Å². The van der Waals surface area contributed by atoms with Crippen LogP contribution < -0.4 is 22.1 Å². The molecule has 0 saturated carbocycles. The predicted molar refractivity (Wildman–Crippen MR) is 112 cm³/mol. The average Bonchev–Trinajstić information content (AvgIpc) is 2.73. The molecule has 0 unspecified atom stereocenters. The SMILES string of the molecule is Cc1ccnc(NC(=O)c2ccc(NCc3cnc4nc(N)nc(N)c4n3)cc2)n1. The third kappa shape index (κ3) is 4.19. The minimum atomic E-state index is -0.290. The number of hydrogen-bond donors (Lipinski definition) is 4. The molecule has 6 N–H and O–H groups in total. The van der Waals surface area contributed by atoms with Crippen LogP contribution in [0.4, 0.5) is 23.4 Å². The zero-order valence-corrected chi connectivity index (χ0v) is 16.0. The molecule has 0 fully saturated rings. The lowest BCUT2D eigenvalue weighted by molar-refractivity contribution is 0.102. The van der Waals surface area contributed by atoms with Crippen LogP contribution in [0, 0.1) is 6.92 Å². The number of carbonyl (C=O) groups excluding carboxylic acids is 1. The van der Waals surface area contributed by atoms with Crippen molar-refractivity contribution in [1.82, 2.24) is 29.9 Å². The number of anilines is 4. The van der Waals surface area contributed by atoms with Gasteiger partial charge in [-0.3, -0.25) is 10.1 Å². The molecule has 0 aliphatic heterocycles. The molecular formula is C19H18N10O. The maximum Gasteiger partial charge on any atom is 0.258 e. The van der Waals surface area contributed by atoms with E-state index < -0.39 is 0 Å². The second kappa shape index (κ2) is 7.91. The van der Waals surface area contributed by atoms with Gasteiger partial charge >= 0.3 is 0 Å². The molecule has 0 aliphatic carbocycles. The first-order valence-corrected chi connectivity index (χ1v) is 8.97. The molecule has 1 amide bonds. The summed E-state index contributed by atoms with van der Waals surface area (Å²) >= 11 is 0. The number of amides is 1. The highest BCUT2D eigenvalue weighted by atomic mass is 16.1. The van der Waals surface area contributed by atoms with E-state index >= 15 is 0 Å². The number of rotatable bonds is 5. The third-order valence-corrected chi connectivity index (χ3v) is 4.14. The Labute approximate surface area is 171 Å². The Balaban J connectivity index is 1.41. The van der Waals surface area contributed by atoms with E-state index in [-0.39, 0.29) is 23.6 Å². The lowest BCUT2D eigenvalue weighted by Gasteiger charge is -2.08. The summed E-state index contributed by atoms with van der Waals surface area (Å²) in [5.74, 6) is 0.211. The smallest absolute Gasteiger partial charge is 0.258 e. The van der Waals surface area contributed by atoms with E-state index in [2.05, 4.69) is 40.5 Å². The monoisotopic (exact) mass is 402 g/mol. The van der Waals surface area contributed by atoms with Crippen LogP contribution in [0.1, 0.15) is 21.7 Å². The number of aromatic nitrogens is 6. The fourth-order valence-corrected chi connectivity index (χ4v) is 2.68. The molecule has 3 aromatic heterocycles. The number of fused-ring (bicyclic) bond motifs is 1. The van der Waals surface area contributed by atoms with Crippen molar-refractivity contribution in [1.29, 1.82) is 0 Å². The van der Waals surface area contributed by atoms with Gasteiger partial charge in [0.1, 0.15) is 0 Å². The molecular weight excluding hydrogens is 384 g/mol. The summed E-state index contributed by atoms with van der Waals surface area (Å²) in [6, 6.07) is 8.74. The normalized spacial score (nSPS) is 10.7. The van der Waals surface area contributed by atoms with Gasteiger partial charge in [0.25, 0.3) is 5.91 Å². The molecule has 0 radical (unpaired) electrons. The number of nitrogens with zero attached hydrogens (tertiary/aromatic N) is 6. The van der Waals surface area contributed by atoms with Crippen LogP contribution >= 0.6 is 0 Å². The van der Waals surface area contributed by atoms with Crippen LogP contribution in [-0.4, -0.2) is 35.8 Å². The van der Waals surface area contributed by atoms with Crippen molar-refractivity contribution in [3.8, 4) is 0 Å². The molecule has 4 aromatic rings. The number of aryl methyl sites for hydroxylation is 1. The Bertz CT molecular complexity index is 1230. The summed E-state index contributed by atoms with van der Waals surface area (Å²) in [5.41, 5.74) is 14.9. The molecule has 1 aromatic carbocycles. The van der Waals surface area contributed by atoms with E-state index in [1.54, 1.807) is 42.7 Å². The molecule has 30 heavy (non-hydrogen) atoms. The van der Waals surface area contributed by atoms with Gasteiger partial charge in [0.15, 0.2) is 17.0 Å². The van der Waals surface area contributed by atoms with Crippen LogP contribution in [0.15, 0.2) is 42.7 Å². The highest BCUT2D eigenvalue weighted by Crippen LogP contribution is 2.16. The zero-order chi connectivity index (χ0) is 21.1. The second-order valence-electron chi connectivity index (χ2n) is 6.41. The van der Waals surface area contributed by atoms with E-state index in [0.29, 0.717) is 29.0 Å². The van der Waals surface area contributed by atoms with Gasteiger partial charge in [-0.1, -0.05) is 0 Å². The molecule has 0 saturated heterocycles. The minimum absolute atomic E-state index is 0.0539. The highest BCUT2D eigenvalue weighted by molar-refractivity contribution is 6.03. The van der Waals surface area contributed by atoms with E-state index in [1.165, 1.54) is 0 Å². The second-order valence-corrected chi connectivity index (χ2v) is 6.41. The summed E-state index contributed by atoms with van der Waals surface area (Å²) in [5, 5.41) is 5.88. The predicted octanol–water partition coefficient (Wildman–Crippen LogP) is 1.55.